The van der Waals surface area contributed by atoms with Gasteiger partial charge in [-0.15, -0.1) is 5.10 Å². The molecule has 1 aromatic rings. The predicted octanol–water partition coefficient (Wildman–Crippen LogP) is 0.710. The number of hydrogen-bond acceptors (Lipinski definition) is 4. The molecule has 2 heterocycles. The average molecular weight is 198 g/mol. The van der Waals surface area contributed by atoms with E-state index in [1.807, 2.05) is 18.8 Å². The molecule has 0 aromatic carbocycles. The Kier molecular flexibility index (Phi) is 2.55. The molecule has 1 saturated heterocycles. The minimum atomic E-state index is 0.0903. The molecule has 0 amide bonds. The fraction of sp³-hybridized carbons (Fsp3) is 0.750. The molecule has 0 radical (unpaired) electrons. The summed E-state index contributed by atoms with van der Waals surface area (Å²) in [5.74, 6) is 1.24. The first-order chi connectivity index (χ1) is 6.29. The number of rotatable bonds is 2. The Labute approximate surface area is 81.9 Å². The van der Waals surface area contributed by atoms with Crippen molar-refractivity contribution in [1.29, 1.82) is 0 Å². The first-order valence-corrected chi connectivity index (χ1v) is 5.55. The Morgan fingerprint density at radius 3 is 3.15 bits per heavy atom. The molecule has 1 aliphatic rings. The molecule has 0 bridgehead atoms. The molecule has 1 aliphatic heterocycles. The average Bonchev–Trinajstić information content (AvgIpc) is 2.72. The summed E-state index contributed by atoms with van der Waals surface area (Å²) in [7, 11) is 1.89. The van der Waals surface area contributed by atoms with E-state index >= 15 is 0 Å². The van der Waals surface area contributed by atoms with E-state index in [4.69, 9.17) is 5.73 Å². The molecule has 0 saturated carbocycles. The fourth-order valence-electron chi connectivity index (χ4n) is 1.68. The maximum atomic E-state index is 6.12. The monoisotopic (exact) mass is 198 g/mol. The van der Waals surface area contributed by atoms with Gasteiger partial charge in [0.2, 0.25) is 0 Å². The van der Waals surface area contributed by atoms with Crippen LogP contribution in [0.4, 0.5) is 0 Å². The van der Waals surface area contributed by atoms with Crippen molar-refractivity contribution < 1.29 is 0 Å². The van der Waals surface area contributed by atoms with Gasteiger partial charge in [0.15, 0.2) is 0 Å². The molecule has 2 N–H and O–H groups in total. The Morgan fingerprint density at radius 2 is 2.62 bits per heavy atom. The van der Waals surface area contributed by atoms with Crippen molar-refractivity contribution in [3.05, 3.63) is 11.9 Å². The van der Waals surface area contributed by atoms with Gasteiger partial charge in [0.05, 0.1) is 17.9 Å². The van der Waals surface area contributed by atoms with Gasteiger partial charge in [-0.2, -0.15) is 11.8 Å². The van der Waals surface area contributed by atoms with Crippen molar-refractivity contribution in [1.82, 2.24) is 15.0 Å². The zero-order chi connectivity index (χ0) is 9.26. The van der Waals surface area contributed by atoms with E-state index in [9.17, 15) is 0 Å². The minimum Gasteiger partial charge on any atom is -0.322 e. The summed E-state index contributed by atoms with van der Waals surface area (Å²) < 4.78 is 1.77. The first kappa shape index (κ1) is 9.02. The Bertz CT molecular complexity index is 279. The quantitative estimate of drug-likeness (QED) is 0.760. The summed E-state index contributed by atoms with van der Waals surface area (Å²) in [6, 6.07) is 0.0903. The van der Waals surface area contributed by atoms with Crippen LogP contribution in [0.1, 0.15) is 24.6 Å². The van der Waals surface area contributed by atoms with Gasteiger partial charge in [-0.25, -0.2) is 0 Å². The lowest BCUT2D eigenvalue weighted by molar-refractivity contribution is 0.577. The lowest BCUT2D eigenvalue weighted by Gasteiger charge is -2.17. The highest BCUT2D eigenvalue weighted by Crippen LogP contribution is 2.33. The van der Waals surface area contributed by atoms with Crippen LogP contribution < -0.4 is 5.73 Å². The third kappa shape index (κ3) is 1.71. The molecule has 4 nitrogen and oxygen atoms in total. The van der Waals surface area contributed by atoms with Crippen LogP contribution in [0.5, 0.6) is 0 Å². The largest absolute Gasteiger partial charge is 0.322 e. The van der Waals surface area contributed by atoms with E-state index in [0.717, 1.165) is 5.69 Å². The van der Waals surface area contributed by atoms with Crippen molar-refractivity contribution in [2.45, 2.75) is 24.1 Å². The second-order valence-corrected chi connectivity index (χ2v) is 4.71. The molecule has 5 heteroatoms. The van der Waals surface area contributed by atoms with Crippen LogP contribution in [0.15, 0.2) is 6.20 Å². The summed E-state index contributed by atoms with van der Waals surface area (Å²) in [5, 5.41) is 8.28. The molecule has 13 heavy (non-hydrogen) atoms. The number of aromatic nitrogens is 3. The van der Waals surface area contributed by atoms with E-state index in [2.05, 4.69) is 10.3 Å². The Hall–Kier alpha value is -0.550. The lowest BCUT2D eigenvalue weighted by Crippen LogP contribution is -2.24. The topological polar surface area (TPSA) is 56.7 Å². The van der Waals surface area contributed by atoms with Gasteiger partial charge in [-0.3, -0.25) is 4.68 Å². The summed E-state index contributed by atoms with van der Waals surface area (Å²) in [4.78, 5) is 0. The second kappa shape index (κ2) is 3.67. The van der Waals surface area contributed by atoms with Gasteiger partial charge in [-0.1, -0.05) is 5.21 Å². The predicted molar refractivity (Wildman–Crippen MR) is 53.4 cm³/mol. The van der Waals surface area contributed by atoms with Crippen molar-refractivity contribution >= 4 is 11.8 Å². The molecule has 1 fully saturated rings. The van der Waals surface area contributed by atoms with E-state index in [1.165, 1.54) is 18.6 Å². The van der Waals surface area contributed by atoms with Crippen LogP contribution in [-0.2, 0) is 7.05 Å². The third-order valence-corrected chi connectivity index (χ3v) is 3.94. The fourth-order valence-corrected chi connectivity index (χ4v) is 2.99. The van der Waals surface area contributed by atoms with Gasteiger partial charge >= 0.3 is 0 Å². The molecule has 72 valence electrons. The minimum absolute atomic E-state index is 0.0903. The van der Waals surface area contributed by atoms with E-state index in [-0.39, 0.29) is 6.04 Å². The van der Waals surface area contributed by atoms with E-state index in [1.54, 1.807) is 10.9 Å². The second-order valence-electron chi connectivity index (χ2n) is 3.36. The number of hydrogen-bond donors (Lipinski definition) is 1. The van der Waals surface area contributed by atoms with Crippen molar-refractivity contribution in [2.24, 2.45) is 12.8 Å². The maximum absolute atomic E-state index is 6.12. The highest BCUT2D eigenvalue weighted by atomic mass is 32.2. The van der Waals surface area contributed by atoms with Gasteiger partial charge in [0.25, 0.3) is 0 Å². The third-order valence-electron chi connectivity index (χ3n) is 2.46. The van der Waals surface area contributed by atoms with E-state index in [0.29, 0.717) is 5.25 Å². The van der Waals surface area contributed by atoms with Crippen LogP contribution in [0, 0.1) is 0 Å². The molecule has 1 aromatic heterocycles. The highest BCUT2D eigenvalue weighted by molar-refractivity contribution is 8.00. The van der Waals surface area contributed by atoms with Crippen molar-refractivity contribution in [3.8, 4) is 0 Å². The number of aryl methyl sites for hydroxylation is 1. The number of nitrogens with two attached hydrogens (primary N) is 1. The SMILES string of the molecule is Cn1nncc1C(N)C1CCCS1. The number of thioether (sulfide) groups is 1. The van der Waals surface area contributed by atoms with Crippen molar-refractivity contribution in [3.63, 3.8) is 0 Å². The molecule has 2 unspecified atom stereocenters. The summed E-state index contributed by atoms with van der Waals surface area (Å²) in [5.41, 5.74) is 7.16. The zero-order valence-corrected chi connectivity index (χ0v) is 8.50. The summed E-state index contributed by atoms with van der Waals surface area (Å²) in [6.45, 7) is 0. The number of nitrogens with zero attached hydrogens (tertiary/aromatic N) is 3. The summed E-state index contributed by atoms with van der Waals surface area (Å²) >= 11 is 1.96. The molecule has 0 spiro atoms. The van der Waals surface area contributed by atoms with Crippen LogP contribution in [0.2, 0.25) is 0 Å². The molecular formula is C8H14N4S. The van der Waals surface area contributed by atoms with Crippen LogP contribution in [-0.4, -0.2) is 26.0 Å². The van der Waals surface area contributed by atoms with Crippen molar-refractivity contribution in [2.75, 3.05) is 5.75 Å². The molecule has 2 atom stereocenters. The maximum Gasteiger partial charge on any atom is 0.0762 e. The molecule has 0 aliphatic carbocycles. The smallest absolute Gasteiger partial charge is 0.0762 e. The molecular weight excluding hydrogens is 184 g/mol. The normalized spacial score (nSPS) is 24.9. The van der Waals surface area contributed by atoms with Gasteiger partial charge in [0, 0.05) is 12.3 Å². The van der Waals surface area contributed by atoms with Gasteiger partial charge < -0.3 is 5.73 Å². The molecule has 2 rings (SSSR count). The standard InChI is InChI=1S/C8H14N4S/c1-12-6(5-10-11-12)8(9)7-3-2-4-13-7/h5,7-8H,2-4,9H2,1H3. The highest BCUT2D eigenvalue weighted by Gasteiger charge is 2.25. The van der Waals surface area contributed by atoms with Gasteiger partial charge in [-0.05, 0) is 18.6 Å². The van der Waals surface area contributed by atoms with Crippen LogP contribution in [0.3, 0.4) is 0 Å². The van der Waals surface area contributed by atoms with Gasteiger partial charge in [0.1, 0.15) is 0 Å². The lowest BCUT2D eigenvalue weighted by atomic mass is 10.1. The Morgan fingerprint density at radius 1 is 1.77 bits per heavy atom. The zero-order valence-electron chi connectivity index (χ0n) is 7.68. The van der Waals surface area contributed by atoms with Crippen LogP contribution >= 0.6 is 11.8 Å². The summed E-state index contributed by atoms with van der Waals surface area (Å²) in [6.07, 6.45) is 4.27. The van der Waals surface area contributed by atoms with E-state index < -0.39 is 0 Å². The Balaban J connectivity index is 2.12. The first-order valence-electron chi connectivity index (χ1n) is 4.51. The van der Waals surface area contributed by atoms with Crippen LogP contribution in [0.25, 0.3) is 0 Å².